The topological polar surface area (TPSA) is 113 Å². The molecular formula is C13H22N6O2. The second kappa shape index (κ2) is 6.79. The molecule has 8 heteroatoms. The summed E-state index contributed by atoms with van der Waals surface area (Å²) in [6, 6.07) is 0.254. The van der Waals surface area contributed by atoms with Crippen LogP contribution in [-0.2, 0) is 6.54 Å². The highest BCUT2D eigenvalue weighted by atomic mass is 16.3. The van der Waals surface area contributed by atoms with Crippen molar-refractivity contribution < 1.29 is 10.2 Å². The molecule has 4 N–H and O–H groups in total. The van der Waals surface area contributed by atoms with Gasteiger partial charge in [-0.05, 0) is 13.8 Å². The van der Waals surface area contributed by atoms with Crippen LogP contribution in [0, 0.1) is 0 Å². The van der Waals surface area contributed by atoms with Gasteiger partial charge in [0.05, 0.1) is 25.6 Å². The number of imidazole rings is 1. The molecule has 0 saturated carbocycles. The van der Waals surface area contributed by atoms with Crippen molar-refractivity contribution in [2.45, 2.75) is 32.5 Å². The van der Waals surface area contributed by atoms with E-state index in [1.54, 1.807) is 10.9 Å². The summed E-state index contributed by atoms with van der Waals surface area (Å²) in [4.78, 5) is 14.2. The molecule has 116 valence electrons. The van der Waals surface area contributed by atoms with E-state index in [1.165, 1.54) is 6.33 Å². The van der Waals surface area contributed by atoms with Crippen molar-refractivity contribution in [1.29, 1.82) is 0 Å². The van der Waals surface area contributed by atoms with Crippen LogP contribution in [0.1, 0.15) is 13.8 Å². The van der Waals surface area contributed by atoms with Crippen LogP contribution in [0.5, 0.6) is 0 Å². The van der Waals surface area contributed by atoms with Crippen molar-refractivity contribution in [2.75, 3.05) is 25.4 Å². The van der Waals surface area contributed by atoms with Crippen LogP contribution in [0.15, 0.2) is 12.7 Å². The summed E-state index contributed by atoms with van der Waals surface area (Å²) < 4.78 is 1.76. The van der Waals surface area contributed by atoms with Gasteiger partial charge in [-0.25, -0.2) is 15.0 Å². The number of rotatable bonds is 7. The van der Waals surface area contributed by atoms with Crippen molar-refractivity contribution >= 4 is 17.0 Å². The second-order valence-electron chi connectivity index (χ2n) is 5.29. The normalized spacial score (nSPS) is 13.4. The van der Waals surface area contributed by atoms with E-state index < -0.39 is 6.10 Å². The number of anilines is 1. The molecule has 21 heavy (non-hydrogen) atoms. The number of nitrogen functional groups attached to an aromatic ring is 1. The second-order valence-corrected chi connectivity index (χ2v) is 5.29. The summed E-state index contributed by atoms with van der Waals surface area (Å²) in [5, 5.41) is 19.3. The molecular weight excluding hydrogens is 272 g/mol. The highest BCUT2D eigenvalue weighted by Crippen LogP contribution is 2.14. The van der Waals surface area contributed by atoms with Crippen molar-refractivity contribution in [3.8, 4) is 0 Å². The quantitative estimate of drug-likeness (QED) is 0.629. The molecule has 0 aliphatic carbocycles. The molecule has 0 aliphatic heterocycles. The van der Waals surface area contributed by atoms with Gasteiger partial charge in [-0.2, -0.15) is 0 Å². The fourth-order valence-corrected chi connectivity index (χ4v) is 2.28. The summed E-state index contributed by atoms with van der Waals surface area (Å²) in [7, 11) is 0. The molecule has 2 rings (SSSR count). The van der Waals surface area contributed by atoms with Gasteiger partial charge in [0.2, 0.25) is 0 Å². The first-order chi connectivity index (χ1) is 10.0. The minimum Gasteiger partial charge on any atom is -0.395 e. The number of nitrogens with two attached hydrogens (primary N) is 1. The van der Waals surface area contributed by atoms with Crippen molar-refractivity contribution in [2.24, 2.45) is 0 Å². The Kier molecular flexibility index (Phi) is 5.05. The molecule has 0 fully saturated rings. The predicted molar refractivity (Wildman–Crippen MR) is 79.5 cm³/mol. The number of aromatic nitrogens is 4. The number of hydrogen-bond donors (Lipinski definition) is 3. The SMILES string of the molecule is CC(C)N(CCO)C[C@H](O)Cn1cnc2c(N)ncnc21. The van der Waals surface area contributed by atoms with E-state index in [0.29, 0.717) is 36.6 Å². The van der Waals surface area contributed by atoms with E-state index in [1.807, 2.05) is 18.7 Å². The number of nitrogens with zero attached hydrogens (tertiary/aromatic N) is 5. The van der Waals surface area contributed by atoms with Gasteiger partial charge in [0.15, 0.2) is 11.5 Å². The summed E-state index contributed by atoms with van der Waals surface area (Å²) >= 11 is 0. The maximum atomic E-state index is 10.2. The molecule has 0 saturated heterocycles. The molecule has 0 unspecified atom stereocenters. The lowest BCUT2D eigenvalue weighted by Gasteiger charge is -2.28. The van der Waals surface area contributed by atoms with E-state index in [-0.39, 0.29) is 12.6 Å². The van der Waals surface area contributed by atoms with Crippen LogP contribution < -0.4 is 5.73 Å². The van der Waals surface area contributed by atoms with E-state index >= 15 is 0 Å². The summed E-state index contributed by atoms with van der Waals surface area (Å²) in [5.41, 5.74) is 6.89. The standard InChI is InChI=1S/C13H22N6O2/c1-9(2)18(3-4-20)5-10(21)6-19-8-17-11-12(14)15-7-16-13(11)19/h7-10,20-21H,3-6H2,1-2H3,(H2,14,15,16)/t10-/m0/s1. The zero-order chi connectivity index (χ0) is 15.4. The highest BCUT2D eigenvalue weighted by molar-refractivity contribution is 5.81. The van der Waals surface area contributed by atoms with Crippen LogP contribution >= 0.6 is 0 Å². The van der Waals surface area contributed by atoms with E-state index in [4.69, 9.17) is 10.8 Å². The molecule has 0 aliphatic rings. The third kappa shape index (κ3) is 3.66. The Morgan fingerprint density at radius 2 is 2.10 bits per heavy atom. The van der Waals surface area contributed by atoms with E-state index in [0.717, 1.165) is 0 Å². The highest BCUT2D eigenvalue weighted by Gasteiger charge is 2.16. The van der Waals surface area contributed by atoms with Gasteiger partial charge in [0.25, 0.3) is 0 Å². The average Bonchev–Trinajstić information content (AvgIpc) is 2.83. The zero-order valence-electron chi connectivity index (χ0n) is 12.3. The molecule has 2 heterocycles. The maximum Gasteiger partial charge on any atom is 0.165 e. The molecule has 1 atom stereocenters. The summed E-state index contributed by atoms with van der Waals surface area (Å²) in [6.45, 7) is 5.50. The van der Waals surface area contributed by atoms with Crippen LogP contribution in [0.3, 0.4) is 0 Å². The first-order valence-electron chi connectivity index (χ1n) is 6.97. The predicted octanol–water partition coefficient (Wildman–Crippen LogP) is -0.528. The number of hydrogen-bond acceptors (Lipinski definition) is 7. The number of fused-ring (bicyclic) bond motifs is 1. The Balaban J connectivity index is 2.07. The minimum absolute atomic E-state index is 0.0721. The molecule has 2 aromatic heterocycles. The Morgan fingerprint density at radius 1 is 1.33 bits per heavy atom. The number of aliphatic hydroxyl groups excluding tert-OH is 2. The summed E-state index contributed by atoms with van der Waals surface area (Å²) in [6.07, 6.45) is 2.39. The van der Waals surface area contributed by atoms with Crippen LogP contribution in [0.2, 0.25) is 0 Å². The molecule has 0 radical (unpaired) electrons. The van der Waals surface area contributed by atoms with Gasteiger partial charge in [0, 0.05) is 19.1 Å². The fourth-order valence-electron chi connectivity index (χ4n) is 2.28. The average molecular weight is 294 g/mol. The molecule has 0 amide bonds. The first-order valence-corrected chi connectivity index (χ1v) is 6.97. The van der Waals surface area contributed by atoms with Gasteiger partial charge in [-0.3, -0.25) is 4.90 Å². The van der Waals surface area contributed by atoms with Crippen LogP contribution in [0.25, 0.3) is 11.2 Å². The lowest BCUT2D eigenvalue weighted by Crippen LogP contribution is -2.40. The fraction of sp³-hybridized carbons (Fsp3) is 0.615. The molecule has 0 spiro atoms. The smallest absolute Gasteiger partial charge is 0.165 e. The molecule has 8 nitrogen and oxygen atoms in total. The monoisotopic (exact) mass is 294 g/mol. The van der Waals surface area contributed by atoms with Crippen LogP contribution in [0.4, 0.5) is 5.82 Å². The molecule has 2 aromatic rings. The third-order valence-electron chi connectivity index (χ3n) is 3.40. The van der Waals surface area contributed by atoms with Crippen LogP contribution in [-0.4, -0.2) is 66.5 Å². The third-order valence-corrected chi connectivity index (χ3v) is 3.40. The van der Waals surface area contributed by atoms with Gasteiger partial charge in [0.1, 0.15) is 11.8 Å². The first kappa shape index (κ1) is 15.6. The Hall–Kier alpha value is -1.77. The van der Waals surface area contributed by atoms with Gasteiger partial charge in [-0.15, -0.1) is 0 Å². The Labute approximate surface area is 123 Å². The Bertz CT molecular complexity index is 585. The molecule has 0 bridgehead atoms. The minimum atomic E-state index is -0.590. The van der Waals surface area contributed by atoms with E-state index in [2.05, 4.69) is 15.0 Å². The lowest BCUT2D eigenvalue weighted by atomic mass is 10.2. The van der Waals surface area contributed by atoms with Gasteiger partial charge < -0.3 is 20.5 Å². The number of aliphatic hydroxyl groups is 2. The van der Waals surface area contributed by atoms with Crippen molar-refractivity contribution in [3.63, 3.8) is 0 Å². The van der Waals surface area contributed by atoms with Crippen molar-refractivity contribution in [3.05, 3.63) is 12.7 Å². The van der Waals surface area contributed by atoms with Gasteiger partial charge >= 0.3 is 0 Å². The van der Waals surface area contributed by atoms with Crippen molar-refractivity contribution in [1.82, 2.24) is 24.4 Å². The van der Waals surface area contributed by atoms with Gasteiger partial charge in [-0.1, -0.05) is 0 Å². The van der Waals surface area contributed by atoms with E-state index in [9.17, 15) is 5.11 Å². The largest absolute Gasteiger partial charge is 0.395 e. The Morgan fingerprint density at radius 3 is 2.76 bits per heavy atom. The lowest BCUT2D eigenvalue weighted by molar-refractivity contribution is 0.0724. The maximum absolute atomic E-state index is 10.2. The molecule has 0 aromatic carbocycles. The zero-order valence-corrected chi connectivity index (χ0v) is 12.3. The summed E-state index contributed by atoms with van der Waals surface area (Å²) in [5.74, 6) is 0.331.